The first-order valence-corrected chi connectivity index (χ1v) is 11.4. The fraction of sp³-hybridized carbons (Fsp3) is 0.240. The van der Waals surface area contributed by atoms with E-state index in [4.69, 9.17) is 14.2 Å². The SMILES string of the molecule is CCOC(=O)C1=C(C)N=c2s/c(=C/c3ccc(O)cc3)c(=O)n2[C@@H]1c1cc(OC)ccc1OC. The van der Waals surface area contributed by atoms with E-state index in [1.54, 1.807) is 69.5 Å². The molecule has 2 aromatic carbocycles. The fourth-order valence-corrected chi connectivity index (χ4v) is 4.91. The summed E-state index contributed by atoms with van der Waals surface area (Å²) in [7, 11) is 3.07. The number of phenolic OH excluding ortho intramolecular Hbond substituents is 1. The molecule has 8 nitrogen and oxygen atoms in total. The van der Waals surface area contributed by atoms with Gasteiger partial charge in [-0.1, -0.05) is 23.5 Å². The number of hydrogen-bond acceptors (Lipinski definition) is 8. The van der Waals surface area contributed by atoms with E-state index in [0.717, 1.165) is 5.56 Å². The van der Waals surface area contributed by atoms with Gasteiger partial charge in [-0.3, -0.25) is 9.36 Å². The van der Waals surface area contributed by atoms with Crippen molar-refractivity contribution in [1.82, 2.24) is 4.57 Å². The van der Waals surface area contributed by atoms with Gasteiger partial charge in [0.05, 0.1) is 36.6 Å². The summed E-state index contributed by atoms with van der Waals surface area (Å²) in [5.74, 6) is 0.639. The smallest absolute Gasteiger partial charge is 0.338 e. The average molecular weight is 481 g/mol. The van der Waals surface area contributed by atoms with Crippen LogP contribution in [-0.4, -0.2) is 36.5 Å². The summed E-state index contributed by atoms with van der Waals surface area (Å²) < 4.78 is 18.3. The van der Waals surface area contributed by atoms with Gasteiger partial charge in [-0.25, -0.2) is 9.79 Å². The lowest BCUT2D eigenvalue weighted by molar-refractivity contribution is -0.139. The number of esters is 1. The molecular weight excluding hydrogens is 456 g/mol. The van der Waals surface area contributed by atoms with Crippen molar-refractivity contribution in [2.24, 2.45) is 4.99 Å². The summed E-state index contributed by atoms with van der Waals surface area (Å²) in [6.07, 6.45) is 1.73. The zero-order valence-corrected chi connectivity index (χ0v) is 20.0. The van der Waals surface area contributed by atoms with Crippen LogP contribution in [0, 0.1) is 0 Å². The highest BCUT2D eigenvalue weighted by Gasteiger charge is 2.35. The number of aromatic hydroxyl groups is 1. The number of aromatic nitrogens is 1. The topological polar surface area (TPSA) is 99.4 Å². The Hall–Kier alpha value is -3.85. The first-order chi connectivity index (χ1) is 16.4. The lowest BCUT2D eigenvalue weighted by Crippen LogP contribution is -2.40. The molecule has 0 aliphatic carbocycles. The Morgan fingerprint density at radius 1 is 1.18 bits per heavy atom. The second-order valence-corrected chi connectivity index (χ2v) is 8.51. The predicted octanol–water partition coefficient (Wildman–Crippen LogP) is 2.52. The minimum Gasteiger partial charge on any atom is -0.508 e. The van der Waals surface area contributed by atoms with E-state index in [1.807, 2.05) is 0 Å². The van der Waals surface area contributed by atoms with Crippen molar-refractivity contribution in [3.05, 3.63) is 84.5 Å². The Bertz CT molecular complexity index is 1450. The highest BCUT2D eigenvalue weighted by atomic mass is 32.1. The van der Waals surface area contributed by atoms with E-state index >= 15 is 0 Å². The van der Waals surface area contributed by atoms with E-state index in [1.165, 1.54) is 23.0 Å². The average Bonchev–Trinajstić information content (AvgIpc) is 3.13. The summed E-state index contributed by atoms with van der Waals surface area (Å²) in [5, 5.41) is 9.55. The van der Waals surface area contributed by atoms with Crippen LogP contribution in [0.2, 0.25) is 0 Å². The van der Waals surface area contributed by atoms with Crippen molar-refractivity contribution >= 4 is 23.4 Å². The number of benzene rings is 2. The van der Waals surface area contributed by atoms with Crippen LogP contribution in [0.5, 0.6) is 17.2 Å². The van der Waals surface area contributed by atoms with Crippen molar-refractivity contribution in [3.63, 3.8) is 0 Å². The Morgan fingerprint density at radius 3 is 2.56 bits per heavy atom. The lowest BCUT2D eigenvalue weighted by atomic mass is 9.94. The van der Waals surface area contributed by atoms with Gasteiger partial charge < -0.3 is 19.3 Å². The van der Waals surface area contributed by atoms with Gasteiger partial charge in [0.2, 0.25) is 0 Å². The van der Waals surface area contributed by atoms with Crippen LogP contribution < -0.4 is 24.4 Å². The fourth-order valence-electron chi connectivity index (χ4n) is 3.86. The van der Waals surface area contributed by atoms with Gasteiger partial charge in [0.25, 0.3) is 5.56 Å². The second kappa shape index (κ2) is 9.56. The number of methoxy groups -OCH3 is 2. The quantitative estimate of drug-likeness (QED) is 0.545. The molecule has 2 heterocycles. The van der Waals surface area contributed by atoms with Crippen LogP contribution in [0.1, 0.15) is 31.0 Å². The van der Waals surface area contributed by atoms with Crippen LogP contribution in [0.3, 0.4) is 0 Å². The number of thiazole rings is 1. The summed E-state index contributed by atoms with van der Waals surface area (Å²) in [6, 6.07) is 10.9. The van der Waals surface area contributed by atoms with Crippen LogP contribution in [0.15, 0.2) is 63.5 Å². The number of fused-ring (bicyclic) bond motifs is 1. The zero-order chi connectivity index (χ0) is 24.4. The molecular formula is C25H24N2O6S. The van der Waals surface area contributed by atoms with E-state index in [2.05, 4.69) is 4.99 Å². The molecule has 0 bridgehead atoms. The second-order valence-electron chi connectivity index (χ2n) is 7.50. The maximum absolute atomic E-state index is 13.6. The number of nitrogens with zero attached hydrogens (tertiary/aromatic N) is 2. The standard InChI is InChI=1S/C25H24N2O6S/c1-5-33-24(30)21-14(2)26-25-27(22(21)18-13-17(31-3)10-11-19(18)32-4)23(29)20(34-25)12-15-6-8-16(28)9-7-15/h6-13,22,28H,5H2,1-4H3/b20-12+/t22-/m1/s1. The molecule has 4 rings (SSSR count). The van der Waals surface area contributed by atoms with Crippen LogP contribution in [0.4, 0.5) is 0 Å². The molecule has 0 unspecified atom stereocenters. The van der Waals surface area contributed by atoms with Gasteiger partial charge in [0.1, 0.15) is 23.3 Å². The maximum Gasteiger partial charge on any atom is 0.338 e. The molecule has 3 aromatic rings. The number of phenols is 1. The van der Waals surface area contributed by atoms with Gasteiger partial charge in [-0.05, 0) is 55.8 Å². The molecule has 34 heavy (non-hydrogen) atoms. The van der Waals surface area contributed by atoms with Crippen molar-refractivity contribution in [3.8, 4) is 17.2 Å². The molecule has 1 atom stereocenters. The molecule has 0 fully saturated rings. The summed E-state index contributed by atoms with van der Waals surface area (Å²) in [4.78, 5) is 31.7. The largest absolute Gasteiger partial charge is 0.508 e. The monoisotopic (exact) mass is 480 g/mol. The maximum atomic E-state index is 13.6. The van der Waals surface area contributed by atoms with E-state index in [9.17, 15) is 14.7 Å². The molecule has 1 N–H and O–H groups in total. The van der Waals surface area contributed by atoms with E-state index in [0.29, 0.717) is 32.1 Å². The Morgan fingerprint density at radius 2 is 1.91 bits per heavy atom. The number of rotatable bonds is 6. The van der Waals surface area contributed by atoms with Gasteiger partial charge >= 0.3 is 5.97 Å². The first-order valence-electron chi connectivity index (χ1n) is 10.6. The molecule has 0 radical (unpaired) electrons. The molecule has 0 amide bonds. The predicted molar refractivity (Wildman–Crippen MR) is 128 cm³/mol. The van der Waals surface area contributed by atoms with E-state index < -0.39 is 12.0 Å². The minimum absolute atomic E-state index is 0.137. The van der Waals surface area contributed by atoms with Gasteiger partial charge in [0.15, 0.2) is 4.80 Å². The highest BCUT2D eigenvalue weighted by molar-refractivity contribution is 7.07. The Kier molecular flexibility index (Phi) is 6.56. The third-order valence-corrected chi connectivity index (χ3v) is 6.42. The van der Waals surface area contributed by atoms with Crippen molar-refractivity contribution in [2.45, 2.75) is 19.9 Å². The van der Waals surface area contributed by atoms with Crippen LogP contribution in [0.25, 0.3) is 6.08 Å². The zero-order valence-electron chi connectivity index (χ0n) is 19.2. The molecule has 1 aliphatic rings. The van der Waals surface area contributed by atoms with Crippen molar-refractivity contribution in [1.29, 1.82) is 0 Å². The summed E-state index contributed by atoms with van der Waals surface area (Å²) in [6.45, 7) is 3.63. The number of carbonyl (C=O) groups is 1. The Balaban J connectivity index is 2.01. The number of hydrogen-bond donors (Lipinski definition) is 1. The molecule has 1 aromatic heterocycles. The third kappa shape index (κ3) is 4.22. The molecule has 176 valence electrons. The number of ether oxygens (including phenoxy) is 3. The van der Waals surface area contributed by atoms with Crippen LogP contribution >= 0.6 is 11.3 Å². The molecule has 0 saturated carbocycles. The molecule has 0 spiro atoms. The number of allylic oxidation sites excluding steroid dienone is 1. The van der Waals surface area contributed by atoms with Gasteiger partial charge in [-0.15, -0.1) is 0 Å². The van der Waals surface area contributed by atoms with Crippen molar-refractivity contribution < 1.29 is 24.1 Å². The van der Waals surface area contributed by atoms with Gasteiger partial charge in [0, 0.05) is 5.56 Å². The van der Waals surface area contributed by atoms with Gasteiger partial charge in [-0.2, -0.15) is 0 Å². The van der Waals surface area contributed by atoms with Crippen molar-refractivity contribution in [2.75, 3.05) is 20.8 Å². The van der Waals surface area contributed by atoms with Crippen LogP contribution in [-0.2, 0) is 9.53 Å². The molecule has 1 aliphatic heterocycles. The highest BCUT2D eigenvalue weighted by Crippen LogP contribution is 2.37. The van der Waals surface area contributed by atoms with E-state index in [-0.39, 0.29) is 23.5 Å². The first kappa shape index (κ1) is 23.3. The third-order valence-electron chi connectivity index (χ3n) is 5.44. The summed E-state index contributed by atoms with van der Waals surface area (Å²) >= 11 is 1.22. The molecule has 9 heteroatoms. The summed E-state index contributed by atoms with van der Waals surface area (Å²) in [5.41, 5.74) is 1.75. The Labute approximate surface area is 199 Å². The minimum atomic E-state index is -0.817. The number of carbonyl (C=O) groups excluding carboxylic acids is 1. The molecule has 0 saturated heterocycles. The lowest BCUT2D eigenvalue weighted by Gasteiger charge is -2.26. The normalized spacial score (nSPS) is 15.5.